The monoisotopic (exact) mass is 544 g/mol. The van der Waals surface area contributed by atoms with Gasteiger partial charge in [0.05, 0.1) is 65.8 Å². The van der Waals surface area contributed by atoms with Crippen LogP contribution in [-0.4, -0.2) is 44.9 Å². The molecule has 0 atom stereocenters. The van der Waals surface area contributed by atoms with Gasteiger partial charge in [0.25, 0.3) is 0 Å². The smallest absolute Gasteiger partial charge is 0.333 e. The molecule has 1 saturated heterocycles. The fourth-order valence-corrected chi connectivity index (χ4v) is 5.91. The highest BCUT2D eigenvalue weighted by Gasteiger charge is 2.42. The molecule has 1 aliphatic rings. The molecule has 4 heterocycles. The zero-order valence-corrected chi connectivity index (χ0v) is 22.8. The van der Waals surface area contributed by atoms with E-state index in [0.717, 1.165) is 55.2 Å². The van der Waals surface area contributed by atoms with E-state index in [1.165, 1.54) is 0 Å². The lowest BCUT2D eigenvalue weighted by Crippen LogP contribution is -2.48. The Labute approximate surface area is 235 Å². The van der Waals surface area contributed by atoms with Crippen molar-refractivity contribution in [2.45, 2.75) is 18.8 Å². The third-order valence-corrected chi connectivity index (χ3v) is 8.11. The summed E-state index contributed by atoms with van der Waals surface area (Å²) >= 11 is 0. The van der Waals surface area contributed by atoms with Gasteiger partial charge in [-0.15, -0.1) is 0 Å². The van der Waals surface area contributed by atoms with Crippen LogP contribution in [0.3, 0.4) is 0 Å². The van der Waals surface area contributed by atoms with Gasteiger partial charge in [-0.3, -0.25) is 23.9 Å². The van der Waals surface area contributed by atoms with Crippen LogP contribution in [0.25, 0.3) is 49.7 Å². The lowest BCUT2D eigenvalue weighted by Gasteiger charge is -2.41. The van der Waals surface area contributed by atoms with Crippen LogP contribution in [-0.2, 0) is 26.7 Å². The van der Waals surface area contributed by atoms with Crippen LogP contribution in [0, 0.1) is 0 Å². The van der Waals surface area contributed by atoms with Gasteiger partial charge in [-0.25, -0.2) is 4.79 Å². The average molecular weight is 545 g/mol. The molecule has 3 aromatic heterocycles. The van der Waals surface area contributed by atoms with E-state index < -0.39 is 5.41 Å². The molecular weight excluding hydrogens is 516 g/mol. The van der Waals surface area contributed by atoms with Gasteiger partial charge in [0, 0.05) is 29.6 Å². The SMILES string of the molecule is CCOC(=O)CC1(c2ccc(-n3c(=O)n(C)c4cnc5ccc(-c6nccc7ccccc67)cc5c43)cc2)COC1. The summed E-state index contributed by atoms with van der Waals surface area (Å²) in [5.74, 6) is -0.236. The minimum Gasteiger partial charge on any atom is -0.466 e. The minimum atomic E-state index is -0.411. The molecule has 1 aliphatic heterocycles. The molecular formula is C33H28N4O4. The van der Waals surface area contributed by atoms with E-state index in [2.05, 4.69) is 23.2 Å². The molecule has 0 N–H and O–H groups in total. The Morgan fingerprint density at radius 2 is 1.80 bits per heavy atom. The predicted octanol–water partition coefficient (Wildman–Crippen LogP) is 5.31. The van der Waals surface area contributed by atoms with E-state index in [1.54, 1.807) is 29.3 Å². The van der Waals surface area contributed by atoms with Crippen LogP contribution in [0.2, 0.25) is 0 Å². The van der Waals surface area contributed by atoms with Gasteiger partial charge in [0.15, 0.2) is 0 Å². The highest BCUT2D eigenvalue weighted by molar-refractivity contribution is 6.06. The Balaban J connectivity index is 1.38. The van der Waals surface area contributed by atoms with Crippen molar-refractivity contribution in [3.63, 3.8) is 0 Å². The maximum Gasteiger partial charge on any atom is 0.333 e. The summed E-state index contributed by atoms with van der Waals surface area (Å²) in [4.78, 5) is 35.3. The highest BCUT2D eigenvalue weighted by Crippen LogP contribution is 2.37. The summed E-state index contributed by atoms with van der Waals surface area (Å²) in [5.41, 5.74) is 5.29. The minimum absolute atomic E-state index is 0.163. The van der Waals surface area contributed by atoms with Crippen molar-refractivity contribution < 1.29 is 14.3 Å². The molecule has 8 nitrogen and oxygen atoms in total. The van der Waals surface area contributed by atoms with E-state index in [-0.39, 0.29) is 18.1 Å². The van der Waals surface area contributed by atoms with Gasteiger partial charge in [-0.1, -0.05) is 42.5 Å². The van der Waals surface area contributed by atoms with Gasteiger partial charge in [0.1, 0.15) is 0 Å². The van der Waals surface area contributed by atoms with Crippen LogP contribution in [0.1, 0.15) is 18.9 Å². The average Bonchev–Trinajstić information content (AvgIpc) is 3.24. The third kappa shape index (κ3) is 4.02. The number of hydrogen-bond donors (Lipinski definition) is 0. The molecule has 8 heteroatoms. The van der Waals surface area contributed by atoms with Crippen LogP contribution < -0.4 is 5.69 Å². The van der Waals surface area contributed by atoms with Gasteiger partial charge in [0.2, 0.25) is 0 Å². The summed E-state index contributed by atoms with van der Waals surface area (Å²) < 4.78 is 14.1. The lowest BCUT2D eigenvalue weighted by molar-refractivity contribution is -0.151. The molecule has 0 unspecified atom stereocenters. The summed E-state index contributed by atoms with van der Waals surface area (Å²) in [6, 6.07) is 24.1. The summed E-state index contributed by atoms with van der Waals surface area (Å²) in [7, 11) is 1.76. The number of nitrogens with zero attached hydrogens (tertiary/aromatic N) is 4. The summed E-state index contributed by atoms with van der Waals surface area (Å²) in [6.07, 6.45) is 3.83. The second-order valence-corrected chi connectivity index (χ2v) is 10.6. The zero-order valence-electron chi connectivity index (χ0n) is 22.8. The molecule has 0 aliphatic carbocycles. The molecule has 1 fully saturated rings. The van der Waals surface area contributed by atoms with E-state index in [4.69, 9.17) is 14.5 Å². The lowest BCUT2D eigenvalue weighted by atomic mass is 9.76. The van der Waals surface area contributed by atoms with Gasteiger partial charge in [-0.05, 0) is 48.2 Å². The molecule has 0 amide bonds. The van der Waals surface area contributed by atoms with Gasteiger partial charge >= 0.3 is 11.7 Å². The number of carbonyl (C=O) groups excluding carboxylic acids is 1. The Morgan fingerprint density at radius 1 is 1.00 bits per heavy atom. The Morgan fingerprint density at radius 3 is 2.56 bits per heavy atom. The first-order valence-electron chi connectivity index (χ1n) is 13.7. The second kappa shape index (κ2) is 9.67. The first kappa shape index (κ1) is 25.2. The molecule has 0 saturated carbocycles. The molecule has 0 radical (unpaired) electrons. The normalized spacial score (nSPS) is 14.4. The topological polar surface area (TPSA) is 88.2 Å². The summed E-state index contributed by atoms with van der Waals surface area (Å²) in [6.45, 7) is 3.07. The maximum absolute atomic E-state index is 13.6. The number of imidazole rings is 1. The predicted molar refractivity (Wildman–Crippen MR) is 158 cm³/mol. The number of rotatable bonds is 6. The number of carbonyl (C=O) groups is 1. The van der Waals surface area contributed by atoms with E-state index in [9.17, 15) is 9.59 Å². The maximum atomic E-state index is 13.6. The molecule has 7 rings (SSSR count). The number of benzene rings is 3. The Kier molecular flexibility index (Phi) is 5.94. The van der Waals surface area contributed by atoms with E-state index in [1.807, 2.05) is 60.8 Å². The van der Waals surface area contributed by atoms with Gasteiger partial charge in [-0.2, -0.15) is 0 Å². The fourth-order valence-electron chi connectivity index (χ4n) is 5.91. The van der Waals surface area contributed by atoms with Gasteiger partial charge < -0.3 is 9.47 Å². The Hall–Kier alpha value is -4.82. The van der Waals surface area contributed by atoms with E-state index in [0.29, 0.717) is 19.8 Å². The Bertz CT molecular complexity index is 2010. The van der Waals surface area contributed by atoms with Crippen molar-refractivity contribution in [1.82, 2.24) is 19.1 Å². The fraction of sp³-hybridized carbons (Fsp3) is 0.212. The van der Waals surface area contributed by atoms with Crippen LogP contribution in [0.5, 0.6) is 0 Å². The van der Waals surface area contributed by atoms with Crippen molar-refractivity contribution in [1.29, 1.82) is 0 Å². The van der Waals surface area contributed by atoms with Crippen molar-refractivity contribution in [3.8, 4) is 16.9 Å². The molecule has 3 aromatic carbocycles. The molecule has 204 valence electrons. The van der Waals surface area contributed by atoms with Crippen LogP contribution in [0.15, 0.2) is 90.0 Å². The van der Waals surface area contributed by atoms with Crippen LogP contribution >= 0.6 is 0 Å². The third-order valence-electron chi connectivity index (χ3n) is 8.11. The molecule has 0 spiro atoms. The van der Waals surface area contributed by atoms with Crippen molar-refractivity contribution in [3.05, 3.63) is 101 Å². The second-order valence-electron chi connectivity index (χ2n) is 10.6. The number of aromatic nitrogens is 4. The molecule has 6 aromatic rings. The standard InChI is InChI=1S/C33H28N4O4/c1-3-41-29(38)17-33(19-40-20-33)23-9-11-24(12-10-23)37-31-26-16-22(30-25-7-5-4-6-21(25)14-15-34-30)8-13-27(26)35-18-28(31)36(2)32(37)39/h4-16,18H,3,17,19-20H2,1-2H3. The molecule has 41 heavy (non-hydrogen) atoms. The van der Waals surface area contributed by atoms with Crippen molar-refractivity contribution in [2.24, 2.45) is 7.05 Å². The van der Waals surface area contributed by atoms with Crippen LogP contribution in [0.4, 0.5) is 0 Å². The zero-order chi connectivity index (χ0) is 28.1. The number of ether oxygens (including phenoxy) is 2. The first-order valence-corrected chi connectivity index (χ1v) is 13.7. The largest absolute Gasteiger partial charge is 0.466 e. The molecule has 0 bridgehead atoms. The number of pyridine rings is 2. The highest BCUT2D eigenvalue weighted by atomic mass is 16.5. The number of fused-ring (bicyclic) bond motifs is 4. The first-order chi connectivity index (χ1) is 20.0. The summed E-state index contributed by atoms with van der Waals surface area (Å²) in [5, 5.41) is 3.04. The quantitative estimate of drug-likeness (QED) is 0.264. The number of esters is 1. The van der Waals surface area contributed by atoms with Crippen molar-refractivity contribution >= 4 is 38.7 Å². The number of hydrogen-bond acceptors (Lipinski definition) is 6. The van der Waals surface area contributed by atoms with Crippen molar-refractivity contribution in [2.75, 3.05) is 19.8 Å². The van der Waals surface area contributed by atoms with E-state index >= 15 is 0 Å². The number of aryl methyl sites for hydroxylation is 1.